The molecule has 0 radical (unpaired) electrons. The summed E-state index contributed by atoms with van der Waals surface area (Å²) >= 11 is 4.66. The van der Waals surface area contributed by atoms with Crippen LogP contribution in [-0.2, 0) is 9.53 Å². The molecular weight excluding hydrogens is 231 g/mol. The molecule has 1 rings (SSSR count). The van der Waals surface area contributed by atoms with E-state index in [9.17, 15) is 9.18 Å². The molecular formula is C10H11FN2O2S. The van der Waals surface area contributed by atoms with Gasteiger partial charge in [-0.25, -0.2) is 4.39 Å². The van der Waals surface area contributed by atoms with Crippen molar-refractivity contribution < 1.29 is 13.9 Å². The zero-order valence-electron chi connectivity index (χ0n) is 8.62. The topological polar surface area (TPSA) is 64.3 Å². The van der Waals surface area contributed by atoms with Crippen molar-refractivity contribution in [3.8, 4) is 0 Å². The fraction of sp³-hybridized carbons (Fsp3) is 0.200. The van der Waals surface area contributed by atoms with Crippen molar-refractivity contribution >= 4 is 28.9 Å². The average Bonchev–Trinajstić information content (AvgIpc) is 2.25. The van der Waals surface area contributed by atoms with Crippen LogP contribution in [0.5, 0.6) is 0 Å². The monoisotopic (exact) mass is 242 g/mol. The van der Waals surface area contributed by atoms with E-state index in [1.165, 1.54) is 19.2 Å². The average molecular weight is 242 g/mol. The van der Waals surface area contributed by atoms with Crippen molar-refractivity contribution in [2.24, 2.45) is 5.73 Å². The zero-order valence-corrected chi connectivity index (χ0v) is 9.44. The molecule has 0 heterocycles. The van der Waals surface area contributed by atoms with Gasteiger partial charge in [-0.15, -0.1) is 0 Å². The molecule has 0 saturated heterocycles. The predicted molar refractivity (Wildman–Crippen MR) is 62.8 cm³/mol. The zero-order chi connectivity index (χ0) is 12.1. The molecule has 0 aliphatic carbocycles. The first kappa shape index (κ1) is 12.4. The lowest BCUT2D eigenvalue weighted by Crippen LogP contribution is -2.16. The molecule has 4 nitrogen and oxygen atoms in total. The number of carbonyl (C=O) groups is 1. The molecule has 0 spiro atoms. The van der Waals surface area contributed by atoms with Crippen LogP contribution in [-0.4, -0.2) is 24.6 Å². The van der Waals surface area contributed by atoms with E-state index < -0.39 is 11.8 Å². The second-order valence-corrected chi connectivity index (χ2v) is 3.43. The van der Waals surface area contributed by atoms with Crippen molar-refractivity contribution in [3.05, 3.63) is 29.6 Å². The maximum atomic E-state index is 13.4. The highest BCUT2D eigenvalue weighted by Gasteiger charge is 2.06. The first-order chi connectivity index (χ1) is 7.54. The van der Waals surface area contributed by atoms with Crippen LogP contribution in [0.25, 0.3) is 0 Å². The van der Waals surface area contributed by atoms with E-state index in [0.29, 0.717) is 5.69 Å². The fourth-order valence-corrected chi connectivity index (χ4v) is 1.24. The van der Waals surface area contributed by atoms with Crippen molar-refractivity contribution in [1.82, 2.24) is 0 Å². The Hall–Kier alpha value is -1.69. The van der Waals surface area contributed by atoms with Gasteiger partial charge in [0.05, 0.1) is 7.11 Å². The minimum atomic E-state index is -0.526. The standard InChI is InChI=1S/C10H11FN2O2S/c1-15-9(14)5-13-6-2-3-7(10(12)16)8(11)4-6/h2-4,13H,5H2,1H3,(H2,12,16). The van der Waals surface area contributed by atoms with Gasteiger partial charge in [0.15, 0.2) is 0 Å². The molecule has 1 aromatic rings. The predicted octanol–water partition coefficient (Wildman–Crippen LogP) is 1.04. The molecule has 0 fully saturated rings. The van der Waals surface area contributed by atoms with E-state index in [-0.39, 0.29) is 17.1 Å². The van der Waals surface area contributed by atoms with Gasteiger partial charge in [0, 0.05) is 11.3 Å². The number of hydrogen-bond donors (Lipinski definition) is 2. The molecule has 0 unspecified atom stereocenters. The Morgan fingerprint density at radius 3 is 2.81 bits per heavy atom. The van der Waals surface area contributed by atoms with Crippen LogP contribution >= 0.6 is 12.2 Å². The van der Waals surface area contributed by atoms with E-state index in [0.717, 1.165) is 0 Å². The fourth-order valence-electron chi connectivity index (χ4n) is 1.07. The summed E-state index contributed by atoms with van der Waals surface area (Å²) in [5.74, 6) is -0.957. The summed E-state index contributed by atoms with van der Waals surface area (Å²) in [6, 6.07) is 4.26. The SMILES string of the molecule is COC(=O)CNc1ccc(C(N)=S)c(F)c1. The smallest absolute Gasteiger partial charge is 0.325 e. The maximum absolute atomic E-state index is 13.4. The lowest BCUT2D eigenvalue weighted by atomic mass is 10.2. The van der Waals surface area contributed by atoms with Gasteiger partial charge in [0.2, 0.25) is 0 Å². The summed E-state index contributed by atoms with van der Waals surface area (Å²) in [6.07, 6.45) is 0. The first-order valence-electron chi connectivity index (χ1n) is 4.44. The number of esters is 1. The van der Waals surface area contributed by atoms with Crippen LogP contribution in [0.3, 0.4) is 0 Å². The quantitative estimate of drug-likeness (QED) is 0.610. The molecule has 0 atom stereocenters. The van der Waals surface area contributed by atoms with Crippen LogP contribution in [0.1, 0.15) is 5.56 Å². The van der Waals surface area contributed by atoms with Crippen molar-refractivity contribution in [1.29, 1.82) is 0 Å². The number of thiocarbonyl (C=S) groups is 1. The number of benzene rings is 1. The normalized spacial score (nSPS) is 9.62. The van der Waals surface area contributed by atoms with Gasteiger partial charge in [0.25, 0.3) is 0 Å². The second-order valence-electron chi connectivity index (χ2n) is 2.99. The van der Waals surface area contributed by atoms with E-state index in [4.69, 9.17) is 5.73 Å². The number of anilines is 1. The minimum absolute atomic E-state index is 0.00276. The lowest BCUT2D eigenvalue weighted by molar-refractivity contribution is -0.138. The maximum Gasteiger partial charge on any atom is 0.325 e. The van der Waals surface area contributed by atoms with Crippen LogP contribution in [0.15, 0.2) is 18.2 Å². The largest absolute Gasteiger partial charge is 0.468 e. The number of ether oxygens (including phenoxy) is 1. The van der Waals surface area contributed by atoms with E-state index in [1.807, 2.05) is 0 Å². The van der Waals surface area contributed by atoms with Crippen molar-refractivity contribution in [2.75, 3.05) is 19.0 Å². The van der Waals surface area contributed by atoms with Gasteiger partial charge < -0.3 is 15.8 Å². The molecule has 0 aromatic heterocycles. The van der Waals surface area contributed by atoms with Crippen LogP contribution in [0.4, 0.5) is 10.1 Å². The van der Waals surface area contributed by atoms with Gasteiger partial charge in [-0.2, -0.15) is 0 Å². The summed E-state index contributed by atoms with van der Waals surface area (Å²) in [5.41, 5.74) is 5.95. The molecule has 0 aliphatic rings. The van der Waals surface area contributed by atoms with E-state index in [2.05, 4.69) is 22.3 Å². The van der Waals surface area contributed by atoms with Gasteiger partial charge >= 0.3 is 5.97 Å². The number of carbonyl (C=O) groups excluding carboxylic acids is 1. The third-order valence-electron chi connectivity index (χ3n) is 1.90. The Morgan fingerprint density at radius 1 is 1.62 bits per heavy atom. The highest BCUT2D eigenvalue weighted by atomic mass is 32.1. The second kappa shape index (κ2) is 5.41. The van der Waals surface area contributed by atoms with Crippen LogP contribution < -0.4 is 11.1 Å². The Labute approximate surface area is 97.6 Å². The summed E-state index contributed by atoms with van der Waals surface area (Å²) in [4.78, 5) is 10.8. The first-order valence-corrected chi connectivity index (χ1v) is 4.85. The highest BCUT2D eigenvalue weighted by Crippen LogP contribution is 2.14. The minimum Gasteiger partial charge on any atom is -0.468 e. The molecule has 0 aliphatic heterocycles. The molecule has 86 valence electrons. The molecule has 3 N–H and O–H groups in total. The molecule has 6 heteroatoms. The third-order valence-corrected chi connectivity index (χ3v) is 2.12. The number of methoxy groups -OCH3 is 1. The number of halogens is 1. The number of rotatable bonds is 4. The van der Waals surface area contributed by atoms with Gasteiger partial charge in [-0.1, -0.05) is 12.2 Å². The Kier molecular flexibility index (Phi) is 4.19. The van der Waals surface area contributed by atoms with Crippen molar-refractivity contribution in [3.63, 3.8) is 0 Å². The number of hydrogen-bond acceptors (Lipinski definition) is 4. The Morgan fingerprint density at radius 2 is 2.31 bits per heavy atom. The lowest BCUT2D eigenvalue weighted by Gasteiger charge is -2.07. The molecule has 16 heavy (non-hydrogen) atoms. The third kappa shape index (κ3) is 3.16. The molecule has 0 amide bonds. The number of nitrogens with two attached hydrogens (primary N) is 1. The van der Waals surface area contributed by atoms with Crippen LogP contribution in [0, 0.1) is 5.82 Å². The van der Waals surface area contributed by atoms with Gasteiger partial charge in [-0.05, 0) is 18.2 Å². The Bertz CT molecular complexity index is 423. The van der Waals surface area contributed by atoms with Crippen LogP contribution in [0.2, 0.25) is 0 Å². The van der Waals surface area contributed by atoms with Gasteiger partial charge in [0.1, 0.15) is 17.4 Å². The van der Waals surface area contributed by atoms with Crippen molar-refractivity contribution in [2.45, 2.75) is 0 Å². The molecule has 0 bridgehead atoms. The summed E-state index contributed by atoms with van der Waals surface area (Å²) < 4.78 is 17.8. The molecule has 0 saturated carbocycles. The summed E-state index contributed by atoms with van der Waals surface area (Å²) in [6.45, 7) is -0.0254. The number of nitrogens with one attached hydrogen (secondary N) is 1. The summed E-state index contributed by atoms with van der Waals surface area (Å²) in [7, 11) is 1.28. The Balaban J connectivity index is 2.74. The summed E-state index contributed by atoms with van der Waals surface area (Å²) in [5, 5.41) is 2.70. The van der Waals surface area contributed by atoms with E-state index >= 15 is 0 Å². The highest BCUT2D eigenvalue weighted by molar-refractivity contribution is 7.80. The van der Waals surface area contributed by atoms with Gasteiger partial charge in [-0.3, -0.25) is 4.79 Å². The molecule has 1 aromatic carbocycles. The van der Waals surface area contributed by atoms with E-state index in [1.54, 1.807) is 6.07 Å².